The van der Waals surface area contributed by atoms with Gasteiger partial charge in [-0.3, -0.25) is 4.90 Å². The first-order valence-corrected chi connectivity index (χ1v) is 8.40. The molecule has 2 aromatic carbocycles. The van der Waals surface area contributed by atoms with E-state index in [1.165, 1.54) is 5.56 Å². The highest BCUT2D eigenvalue weighted by Gasteiger charge is 2.27. The molecule has 1 aliphatic rings. The van der Waals surface area contributed by atoms with Crippen LogP contribution in [0.25, 0.3) is 0 Å². The maximum Gasteiger partial charge on any atom is 0.119 e. The van der Waals surface area contributed by atoms with Crippen molar-refractivity contribution >= 4 is 0 Å². The van der Waals surface area contributed by atoms with Gasteiger partial charge in [-0.25, -0.2) is 0 Å². The molecular weight excluding hydrogens is 302 g/mol. The topological polar surface area (TPSA) is 41.9 Å². The first-order chi connectivity index (χ1) is 11.7. The second-order valence-electron chi connectivity index (χ2n) is 6.36. The van der Waals surface area contributed by atoms with Crippen LogP contribution in [0.5, 0.6) is 5.75 Å². The number of nitrogens with zero attached hydrogens (tertiary/aromatic N) is 1. The zero-order chi connectivity index (χ0) is 16.9. The fraction of sp³-hybridized carbons (Fsp3) is 0.400. The molecule has 0 spiro atoms. The average molecular weight is 327 g/mol. The van der Waals surface area contributed by atoms with Gasteiger partial charge in [0.15, 0.2) is 0 Å². The first-order valence-electron chi connectivity index (χ1n) is 8.40. The lowest BCUT2D eigenvalue weighted by Gasteiger charge is -2.38. The van der Waals surface area contributed by atoms with Gasteiger partial charge in [-0.05, 0) is 30.2 Å². The quantitative estimate of drug-likeness (QED) is 0.916. The standard InChI is InChI=1S/C20H25NO3/c1-15-12-21(14-20(24-15)16-7-4-3-5-8-16)13-19(22)17-9-6-10-18(11-17)23-2/h3-11,15,19-20,22H,12-14H2,1-2H3. The van der Waals surface area contributed by atoms with Gasteiger partial charge in [-0.2, -0.15) is 0 Å². The molecule has 4 nitrogen and oxygen atoms in total. The summed E-state index contributed by atoms with van der Waals surface area (Å²) in [4.78, 5) is 2.27. The summed E-state index contributed by atoms with van der Waals surface area (Å²) in [5.74, 6) is 0.768. The Morgan fingerprint density at radius 2 is 1.96 bits per heavy atom. The monoisotopic (exact) mass is 327 g/mol. The van der Waals surface area contributed by atoms with Crippen molar-refractivity contribution in [2.75, 3.05) is 26.7 Å². The highest BCUT2D eigenvalue weighted by molar-refractivity contribution is 5.30. The van der Waals surface area contributed by atoms with E-state index in [0.29, 0.717) is 6.54 Å². The van der Waals surface area contributed by atoms with E-state index >= 15 is 0 Å². The van der Waals surface area contributed by atoms with E-state index in [-0.39, 0.29) is 12.2 Å². The second kappa shape index (κ2) is 7.79. The number of benzene rings is 2. The lowest BCUT2D eigenvalue weighted by molar-refractivity contribution is -0.0870. The first kappa shape index (κ1) is 17.0. The number of ether oxygens (including phenoxy) is 2. The molecule has 128 valence electrons. The minimum Gasteiger partial charge on any atom is -0.497 e. The van der Waals surface area contributed by atoms with Gasteiger partial charge in [-0.1, -0.05) is 42.5 Å². The van der Waals surface area contributed by atoms with Gasteiger partial charge in [0.2, 0.25) is 0 Å². The van der Waals surface area contributed by atoms with Crippen molar-refractivity contribution in [3.05, 3.63) is 65.7 Å². The maximum absolute atomic E-state index is 10.6. The summed E-state index contributed by atoms with van der Waals surface area (Å²) in [7, 11) is 1.64. The predicted molar refractivity (Wildman–Crippen MR) is 94.1 cm³/mol. The molecule has 0 amide bonds. The fourth-order valence-electron chi connectivity index (χ4n) is 3.24. The Morgan fingerprint density at radius 3 is 2.71 bits per heavy atom. The van der Waals surface area contributed by atoms with Gasteiger partial charge in [0.05, 0.1) is 25.4 Å². The third-order valence-corrected chi connectivity index (χ3v) is 4.42. The van der Waals surface area contributed by atoms with Crippen LogP contribution in [0.4, 0.5) is 0 Å². The minimum atomic E-state index is -0.540. The van der Waals surface area contributed by atoms with E-state index < -0.39 is 6.10 Å². The summed E-state index contributed by atoms with van der Waals surface area (Å²) in [5, 5.41) is 10.6. The van der Waals surface area contributed by atoms with Gasteiger partial charge in [-0.15, -0.1) is 0 Å². The molecule has 24 heavy (non-hydrogen) atoms. The number of β-amino-alcohol motifs (C(OH)–C–C–N with tert-alkyl or cyclic N) is 1. The molecule has 4 heteroatoms. The molecule has 1 fully saturated rings. The minimum absolute atomic E-state index is 0.0486. The summed E-state index contributed by atoms with van der Waals surface area (Å²) >= 11 is 0. The molecule has 0 bridgehead atoms. The number of aliphatic hydroxyl groups is 1. The van der Waals surface area contributed by atoms with Crippen LogP contribution >= 0.6 is 0 Å². The van der Waals surface area contributed by atoms with Crippen LogP contribution < -0.4 is 4.74 Å². The fourth-order valence-corrected chi connectivity index (χ4v) is 3.24. The Kier molecular flexibility index (Phi) is 5.51. The number of methoxy groups -OCH3 is 1. The van der Waals surface area contributed by atoms with E-state index in [1.807, 2.05) is 42.5 Å². The number of hydrogen-bond acceptors (Lipinski definition) is 4. The second-order valence-corrected chi connectivity index (χ2v) is 6.36. The van der Waals surface area contributed by atoms with Crippen molar-refractivity contribution in [2.45, 2.75) is 25.2 Å². The maximum atomic E-state index is 10.6. The average Bonchev–Trinajstić information content (AvgIpc) is 2.62. The third kappa shape index (κ3) is 4.15. The molecule has 0 aliphatic carbocycles. The molecular formula is C20H25NO3. The summed E-state index contributed by atoms with van der Waals surface area (Å²) < 4.78 is 11.3. The van der Waals surface area contributed by atoms with Gasteiger partial charge in [0, 0.05) is 19.6 Å². The summed E-state index contributed by atoms with van der Waals surface area (Å²) in [6, 6.07) is 17.9. The number of rotatable bonds is 5. The SMILES string of the molecule is COc1cccc(C(O)CN2CC(C)OC(c3ccccc3)C2)c1. The molecule has 0 radical (unpaired) electrons. The molecule has 1 heterocycles. The van der Waals surface area contributed by atoms with Crippen LogP contribution in [0.15, 0.2) is 54.6 Å². The molecule has 2 aromatic rings. The lowest BCUT2D eigenvalue weighted by atomic mass is 10.0. The van der Waals surface area contributed by atoms with Crippen LogP contribution in [0.1, 0.15) is 30.3 Å². The van der Waals surface area contributed by atoms with Crippen molar-refractivity contribution in [1.82, 2.24) is 4.90 Å². The third-order valence-electron chi connectivity index (χ3n) is 4.42. The normalized spacial score (nSPS) is 23.0. The van der Waals surface area contributed by atoms with Crippen molar-refractivity contribution in [3.8, 4) is 5.75 Å². The summed E-state index contributed by atoms with van der Waals surface area (Å²) in [6.45, 7) is 4.28. The lowest BCUT2D eigenvalue weighted by Crippen LogP contribution is -2.44. The summed E-state index contributed by atoms with van der Waals surface area (Å²) in [6.07, 6.45) is -0.351. The van der Waals surface area contributed by atoms with Crippen LogP contribution in [-0.2, 0) is 4.74 Å². The Morgan fingerprint density at radius 1 is 1.17 bits per heavy atom. The van der Waals surface area contributed by atoms with E-state index in [4.69, 9.17) is 9.47 Å². The van der Waals surface area contributed by atoms with Crippen LogP contribution in [-0.4, -0.2) is 42.9 Å². The highest BCUT2D eigenvalue weighted by Crippen LogP contribution is 2.27. The smallest absolute Gasteiger partial charge is 0.119 e. The number of morpholine rings is 1. The van der Waals surface area contributed by atoms with Gasteiger partial charge in [0.1, 0.15) is 5.75 Å². The molecule has 3 atom stereocenters. The number of aliphatic hydroxyl groups excluding tert-OH is 1. The molecule has 1 aliphatic heterocycles. The van der Waals surface area contributed by atoms with Crippen LogP contribution in [0.2, 0.25) is 0 Å². The van der Waals surface area contributed by atoms with Gasteiger partial charge >= 0.3 is 0 Å². The Hall–Kier alpha value is -1.88. The van der Waals surface area contributed by atoms with E-state index in [2.05, 4.69) is 24.0 Å². The molecule has 0 aromatic heterocycles. The molecule has 0 saturated carbocycles. The molecule has 3 unspecified atom stereocenters. The van der Waals surface area contributed by atoms with Crippen molar-refractivity contribution in [2.24, 2.45) is 0 Å². The highest BCUT2D eigenvalue weighted by atomic mass is 16.5. The van der Waals surface area contributed by atoms with Crippen LogP contribution in [0.3, 0.4) is 0 Å². The van der Waals surface area contributed by atoms with E-state index in [1.54, 1.807) is 7.11 Å². The van der Waals surface area contributed by atoms with E-state index in [9.17, 15) is 5.11 Å². The van der Waals surface area contributed by atoms with Gasteiger partial charge < -0.3 is 14.6 Å². The Bertz CT molecular complexity index is 646. The summed E-state index contributed by atoms with van der Waals surface area (Å²) in [5.41, 5.74) is 2.06. The largest absolute Gasteiger partial charge is 0.497 e. The molecule has 3 rings (SSSR count). The molecule has 1 N–H and O–H groups in total. The van der Waals surface area contributed by atoms with Crippen molar-refractivity contribution in [1.29, 1.82) is 0 Å². The predicted octanol–water partition coefficient (Wildman–Crippen LogP) is 3.19. The van der Waals surface area contributed by atoms with Gasteiger partial charge in [0.25, 0.3) is 0 Å². The van der Waals surface area contributed by atoms with E-state index in [0.717, 1.165) is 24.4 Å². The molecule has 1 saturated heterocycles. The zero-order valence-electron chi connectivity index (χ0n) is 14.3. The van der Waals surface area contributed by atoms with Crippen LogP contribution in [0, 0.1) is 0 Å². The van der Waals surface area contributed by atoms with Crippen molar-refractivity contribution in [3.63, 3.8) is 0 Å². The zero-order valence-corrected chi connectivity index (χ0v) is 14.3. The Balaban J connectivity index is 1.67. The van der Waals surface area contributed by atoms with Crippen molar-refractivity contribution < 1.29 is 14.6 Å². The number of hydrogen-bond donors (Lipinski definition) is 1. The Labute approximate surface area is 143 Å².